The van der Waals surface area contributed by atoms with Crippen molar-refractivity contribution >= 4 is 25.5 Å². The third kappa shape index (κ3) is 6.40. The van der Waals surface area contributed by atoms with Gasteiger partial charge in [0.1, 0.15) is 21.7 Å². The summed E-state index contributed by atoms with van der Waals surface area (Å²) in [5.74, 6) is -0.504. The van der Waals surface area contributed by atoms with Crippen LogP contribution in [-0.4, -0.2) is 41.2 Å². The third-order valence-corrected chi connectivity index (χ3v) is 4.65. The fraction of sp³-hybridized carbons (Fsp3) is 0.364. The van der Waals surface area contributed by atoms with Crippen LogP contribution in [-0.2, 0) is 19.9 Å². The first-order chi connectivity index (χ1) is 9.22. The van der Waals surface area contributed by atoms with Crippen LogP contribution < -0.4 is 9.46 Å². The molecule has 0 radical (unpaired) electrons. The number of hydrogen-bond acceptors (Lipinski definition) is 6. The number of rotatable bonds is 7. The van der Waals surface area contributed by atoms with Crippen molar-refractivity contribution in [3.05, 3.63) is 24.3 Å². The van der Waals surface area contributed by atoms with Gasteiger partial charge in [0.2, 0.25) is 10.0 Å². The Morgan fingerprint density at radius 1 is 1.15 bits per heavy atom. The number of benzene rings is 1. The van der Waals surface area contributed by atoms with E-state index >= 15 is 0 Å². The molecule has 0 aliphatic heterocycles. The minimum absolute atomic E-state index is 0.0978. The van der Waals surface area contributed by atoms with E-state index in [1.807, 2.05) is 6.07 Å². The van der Waals surface area contributed by atoms with E-state index in [1.165, 1.54) is 24.3 Å². The molecule has 0 atom stereocenters. The topological polar surface area (TPSA) is 113 Å². The number of sulfonamides is 1. The van der Waals surface area contributed by atoms with Gasteiger partial charge in [0.05, 0.1) is 11.5 Å². The van der Waals surface area contributed by atoms with E-state index in [4.69, 9.17) is 10.00 Å². The van der Waals surface area contributed by atoms with Gasteiger partial charge in [-0.05, 0) is 24.3 Å². The van der Waals surface area contributed by atoms with Crippen molar-refractivity contribution in [1.82, 2.24) is 0 Å². The van der Waals surface area contributed by atoms with Gasteiger partial charge in [0, 0.05) is 11.9 Å². The molecule has 7 nitrogen and oxygen atoms in total. The van der Waals surface area contributed by atoms with Crippen molar-refractivity contribution in [3.8, 4) is 11.8 Å². The highest BCUT2D eigenvalue weighted by Crippen LogP contribution is 2.16. The number of ether oxygens (including phenoxy) is 1. The Morgan fingerprint density at radius 3 is 2.25 bits per heavy atom. The van der Waals surface area contributed by atoms with Gasteiger partial charge in [-0.2, -0.15) is 5.26 Å². The summed E-state index contributed by atoms with van der Waals surface area (Å²) in [5, 5.41) is 8.34. The van der Waals surface area contributed by atoms with Crippen LogP contribution in [0.3, 0.4) is 0 Å². The molecule has 0 saturated heterocycles. The Morgan fingerprint density at radius 2 is 1.75 bits per heavy atom. The van der Waals surface area contributed by atoms with Gasteiger partial charge in [-0.1, -0.05) is 0 Å². The molecule has 0 spiro atoms. The highest BCUT2D eigenvalue weighted by Gasteiger charge is 2.14. The number of anilines is 1. The Kier molecular flexibility index (Phi) is 5.35. The zero-order valence-corrected chi connectivity index (χ0v) is 12.4. The highest BCUT2D eigenvalue weighted by atomic mass is 32.2. The van der Waals surface area contributed by atoms with Crippen LogP contribution in [0.4, 0.5) is 5.69 Å². The normalized spacial score (nSPS) is 11.6. The second-order valence-corrected chi connectivity index (χ2v) is 8.12. The van der Waals surface area contributed by atoms with Crippen LogP contribution in [0.15, 0.2) is 24.3 Å². The predicted octanol–water partition coefficient (Wildman–Crippen LogP) is 0.375. The van der Waals surface area contributed by atoms with Crippen LogP contribution in [0.1, 0.15) is 0 Å². The maximum Gasteiger partial charge on any atom is 0.233 e. The summed E-state index contributed by atoms with van der Waals surface area (Å²) in [6.07, 6.45) is 0.976. The molecule has 1 aromatic rings. The molecule has 1 N–H and O–H groups in total. The summed E-state index contributed by atoms with van der Waals surface area (Å²) in [5.41, 5.74) is 0.294. The standard InChI is InChI=1S/C11H14N2O5S2/c1-19(14,15)8-9-20(16,17)13-10-2-4-11(5-3-10)18-7-6-12/h2-5,13H,7-9H2,1H3. The first-order valence-corrected chi connectivity index (χ1v) is 9.21. The smallest absolute Gasteiger partial charge is 0.233 e. The van der Waals surface area contributed by atoms with Crippen molar-refractivity contribution in [1.29, 1.82) is 5.26 Å². The van der Waals surface area contributed by atoms with E-state index < -0.39 is 31.4 Å². The van der Waals surface area contributed by atoms with Crippen LogP contribution in [0.5, 0.6) is 5.75 Å². The summed E-state index contributed by atoms with van der Waals surface area (Å²) >= 11 is 0. The van der Waals surface area contributed by atoms with E-state index in [1.54, 1.807) is 0 Å². The second kappa shape index (κ2) is 6.58. The number of nitrogens with zero attached hydrogens (tertiary/aromatic N) is 1. The fourth-order valence-electron chi connectivity index (χ4n) is 1.23. The predicted molar refractivity (Wildman–Crippen MR) is 74.7 cm³/mol. The Bertz CT molecular complexity index is 687. The molecule has 0 aromatic heterocycles. The van der Waals surface area contributed by atoms with E-state index in [2.05, 4.69) is 4.72 Å². The van der Waals surface area contributed by atoms with Gasteiger partial charge in [-0.3, -0.25) is 4.72 Å². The van der Waals surface area contributed by atoms with E-state index in [9.17, 15) is 16.8 Å². The molecule has 0 amide bonds. The van der Waals surface area contributed by atoms with E-state index in [0.29, 0.717) is 11.4 Å². The summed E-state index contributed by atoms with van der Waals surface area (Å²) in [6.45, 7) is -0.0978. The SMILES string of the molecule is CS(=O)(=O)CCS(=O)(=O)Nc1ccc(OCC#N)cc1. The second-order valence-electron chi connectivity index (χ2n) is 4.02. The average molecular weight is 318 g/mol. The number of hydrogen-bond donors (Lipinski definition) is 1. The quantitative estimate of drug-likeness (QED) is 0.777. The molecular weight excluding hydrogens is 304 g/mol. The lowest BCUT2D eigenvalue weighted by atomic mass is 10.3. The minimum Gasteiger partial charge on any atom is -0.479 e. The van der Waals surface area contributed by atoms with Gasteiger partial charge < -0.3 is 4.74 Å². The first-order valence-electron chi connectivity index (χ1n) is 5.50. The van der Waals surface area contributed by atoms with Crippen LogP contribution in [0.25, 0.3) is 0 Å². The zero-order valence-electron chi connectivity index (χ0n) is 10.7. The summed E-state index contributed by atoms with van der Waals surface area (Å²) < 4.78 is 52.5. The lowest BCUT2D eigenvalue weighted by Crippen LogP contribution is -2.22. The molecule has 0 fully saturated rings. The molecule has 9 heteroatoms. The molecule has 110 valence electrons. The molecule has 0 saturated carbocycles. The van der Waals surface area contributed by atoms with Crippen molar-refractivity contribution in [2.75, 3.05) is 29.1 Å². The minimum atomic E-state index is -3.72. The summed E-state index contributed by atoms with van der Waals surface area (Å²) in [6, 6.07) is 7.75. The van der Waals surface area contributed by atoms with Crippen molar-refractivity contribution in [2.24, 2.45) is 0 Å². The van der Waals surface area contributed by atoms with Crippen LogP contribution >= 0.6 is 0 Å². The third-order valence-electron chi connectivity index (χ3n) is 2.15. The lowest BCUT2D eigenvalue weighted by molar-refractivity contribution is 0.368. The molecule has 0 bridgehead atoms. The largest absolute Gasteiger partial charge is 0.479 e. The summed E-state index contributed by atoms with van der Waals surface area (Å²) in [4.78, 5) is 0. The van der Waals surface area contributed by atoms with Gasteiger partial charge >= 0.3 is 0 Å². The zero-order chi connectivity index (χ0) is 15.2. The molecule has 0 heterocycles. The van der Waals surface area contributed by atoms with Gasteiger partial charge in [-0.25, -0.2) is 16.8 Å². The molecule has 0 aliphatic carbocycles. The van der Waals surface area contributed by atoms with E-state index in [0.717, 1.165) is 6.26 Å². The molecule has 1 rings (SSSR count). The number of nitrogens with one attached hydrogen (secondary N) is 1. The summed E-state index contributed by atoms with van der Waals surface area (Å²) in [7, 11) is -7.06. The maximum absolute atomic E-state index is 11.7. The molecule has 0 aliphatic rings. The first kappa shape index (κ1) is 16.3. The highest BCUT2D eigenvalue weighted by molar-refractivity contribution is 7.95. The Balaban J connectivity index is 2.66. The Labute approximate surface area is 118 Å². The maximum atomic E-state index is 11.7. The van der Waals surface area contributed by atoms with Gasteiger partial charge in [-0.15, -0.1) is 0 Å². The van der Waals surface area contributed by atoms with Gasteiger partial charge in [0.25, 0.3) is 0 Å². The van der Waals surface area contributed by atoms with Crippen LogP contribution in [0, 0.1) is 11.3 Å². The van der Waals surface area contributed by atoms with Crippen LogP contribution in [0.2, 0.25) is 0 Å². The molecule has 20 heavy (non-hydrogen) atoms. The number of sulfone groups is 1. The van der Waals surface area contributed by atoms with Crippen molar-refractivity contribution < 1.29 is 21.6 Å². The average Bonchev–Trinajstić information content (AvgIpc) is 2.35. The van der Waals surface area contributed by atoms with Crippen molar-refractivity contribution in [3.63, 3.8) is 0 Å². The Hall–Kier alpha value is -1.79. The van der Waals surface area contributed by atoms with Gasteiger partial charge in [0.15, 0.2) is 6.61 Å². The number of nitriles is 1. The monoisotopic (exact) mass is 318 g/mol. The molecule has 0 unspecified atom stereocenters. The molecular formula is C11H14N2O5S2. The van der Waals surface area contributed by atoms with Crippen molar-refractivity contribution in [2.45, 2.75) is 0 Å². The van der Waals surface area contributed by atoms with E-state index in [-0.39, 0.29) is 6.61 Å². The lowest BCUT2D eigenvalue weighted by Gasteiger charge is -2.08. The molecule has 1 aromatic carbocycles. The fourth-order valence-corrected chi connectivity index (χ4v) is 3.91.